The van der Waals surface area contributed by atoms with Gasteiger partial charge >= 0.3 is 0 Å². The summed E-state index contributed by atoms with van der Waals surface area (Å²) < 4.78 is 20.3. The predicted molar refractivity (Wildman–Crippen MR) is 57.3 cm³/mol. The van der Waals surface area contributed by atoms with Crippen LogP contribution in [0.15, 0.2) is 30.6 Å². The Morgan fingerprint density at radius 2 is 2.19 bits per heavy atom. The highest BCUT2D eigenvalue weighted by Crippen LogP contribution is 2.19. The van der Waals surface area contributed by atoms with Crippen LogP contribution in [0.1, 0.15) is 0 Å². The Balaban J connectivity index is 2.33. The summed E-state index contributed by atoms with van der Waals surface area (Å²) in [6.45, 7) is 1.15. The second-order valence-electron chi connectivity index (χ2n) is 3.32. The quantitative estimate of drug-likeness (QED) is 0.789. The van der Waals surface area contributed by atoms with Crippen LogP contribution >= 0.6 is 0 Å². The normalized spacial score (nSPS) is 10.6. The molecule has 16 heavy (non-hydrogen) atoms. The smallest absolute Gasteiger partial charge is 0.166 e. The topological polar surface area (TPSA) is 39.9 Å². The molecule has 0 saturated heterocycles. The van der Waals surface area contributed by atoms with Gasteiger partial charge in [0.2, 0.25) is 0 Å². The first-order valence-electron chi connectivity index (χ1n) is 4.94. The summed E-state index contributed by atoms with van der Waals surface area (Å²) in [5.41, 5.74) is 0.455. The molecule has 0 aliphatic carbocycles. The fourth-order valence-electron chi connectivity index (χ4n) is 1.46. The van der Waals surface area contributed by atoms with Gasteiger partial charge in [0.25, 0.3) is 0 Å². The van der Waals surface area contributed by atoms with E-state index in [4.69, 9.17) is 4.74 Å². The standard InChI is InChI=1S/C11H12FN3O/c1-16-7-6-15-8-13-14-11(15)9-4-2-3-5-10(9)12/h2-5,8H,6-7H2,1H3. The molecule has 4 nitrogen and oxygen atoms in total. The molecule has 84 valence electrons. The van der Waals surface area contributed by atoms with Crippen molar-refractivity contribution < 1.29 is 9.13 Å². The van der Waals surface area contributed by atoms with E-state index >= 15 is 0 Å². The molecule has 0 unspecified atom stereocenters. The molecule has 0 amide bonds. The molecule has 1 aromatic carbocycles. The summed E-state index contributed by atoms with van der Waals surface area (Å²) in [5, 5.41) is 7.70. The Bertz CT molecular complexity index is 470. The molecule has 0 saturated carbocycles. The number of methoxy groups -OCH3 is 1. The molecule has 1 aromatic heterocycles. The lowest BCUT2D eigenvalue weighted by molar-refractivity contribution is 0.187. The molecular formula is C11H12FN3O. The minimum atomic E-state index is -0.297. The molecule has 2 aromatic rings. The van der Waals surface area contributed by atoms with E-state index in [1.165, 1.54) is 6.07 Å². The zero-order valence-corrected chi connectivity index (χ0v) is 8.93. The number of hydrogen-bond donors (Lipinski definition) is 0. The van der Waals surface area contributed by atoms with Crippen molar-refractivity contribution in [3.05, 3.63) is 36.4 Å². The average Bonchev–Trinajstić information content (AvgIpc) is 2.75. The minimum absolute atomic E-state index is 0.297. The van der Waals surface area contributed by atoms with Gasteiger partial charge < -0.3 is 9.30 Å². The lowest BCUT2D eigenvalue weighted by Gasteiger charge is -2.06. The van der Waals surface area contributed by atoms with Gasteiger partial charge in [0.1, 0.15) is 12.1 Å². The van der Waals surface area contributed by atoms with E-state index in [2.05, 4.69) is 10.2 Å². The van der Waals surface area contributed by atoms with Crippen LogP contribution in [-0.4, -0.2) is 28.5 Å². The second-order valence-corrected chi connectivity index (χ2v) is 3.32. The van der Waals surface area contributed by atoms with Crippen molar-refractivity contribution in [3.63, 3.8) is 0 Å². The maximum atomic E-state index is 13.5. The average molecular weight is 221 g/mol. The van der Waals surface area contributed by atoms with Crippen molar-refractivity contribution in [2.45, 2.75) is 6.54 Å². The van der Waals surface area contributed by atoms with Crippen molar-refractivity contribution in [2.24, 2.45) is 0 Å². The summed E-state index contributed by atoms with van der Waals surface area (Å²) in [6.07, 6.45) is 1.57. The second kappa shape index (κ2) is 4.85. The first-order valence-corrected chi connectivity index (χ1v) is 4.94. The number of hydrogen-bond acceptors (Lipinski definition) is 3. The Hall–Kier alpha value is -1.75. The van der Waals surface area contributed by atoms with Gasteiger partial charge in [0.15, 0.2) is 5.82 Å². The van der Waals surface area contributed by atoms with Gasteiger partial charge in [-0.2, -0.15) is 0 Å². The number of aromatic nitrogens is 3. The summed E-state index contributed by atoms with van der Waals surface area (Å²) in [7, 11) is 1.62. The molecule has 0 spiro atoms. The van der Waals surface area contributed by atoms with Gasteiger partial charge in [0, 0.05) is 13.7 Å². The van der Waals surface area contributed by atoms with Crippen molar-refractivity contribution in [1.82, 2.24) is 14.8 Å². The minimum Gasteiger partial charge on any atom is -0.383 e. The van der Waals surface area contributed by atoms with Crippen molar-refractivity contribution >= 4 is 0 Å². The van der Waals surface area contributed by atoms with E-state index in [1.54, 1.807) is 36.2 Å². The number of halogens is 1. The monoisotopic (exact) mass is 221 g/mol. The van der Waals surface area contributed by atoms with E-state index in [1.807, 2.05) is 0 Å². The van der Waals surface area contributed by atoms with Crippen molar-refractivity contribution in [3.8, 4) is 11.4 Å². The third kappa shape index (κ3) is 2.09. The molecule has 0 bridgehead atoms. The highest BCUT2D eigenvalue weighted by Gasteiger charge is 2.10. The Labute approximate surface area is 92.7 Å². The van der Waals surface area contributed by atoms with E-state index in [0.717, 1.165) is 0 Å². The maximum Gasteiger partial charge on any atom is 0.166 e. The first-order chi connectivity index (χ1) is 7.83. The highest BCUT2D eigenvalue weighted by molar-refractivity contribution is 5.55. The lowest BCUT2D eigenvalue weighted by Crippen LogP contribution is -2.05. The van der Waals surface area contributed by atoms with E-state index in [0.29, 0.717) is 24.5 Å². The zero-order valence-electron chi connectivity index (χ0n) is 8.93. The number of benzene rings is 1. The van der Waals surface area contributed by atoms with Gasteiger partial charge in [-0.3, -0.25) is 0 Å². The summed E-state index contributed by atoms with van der Waals surface area (Å²) in [4.78, 5) is 0. The first kappa shape index (κ1) is 10.8. The molecule has 0 radical (unpaired) electrons. The van der Waals surface area contributed by atoms with Crippen LogP contribution in [-0.2, 0) is 11.3 Å². The third-order valence-corrected chi connectivity index (χ3v) is 2.27. The summed E-state index contributed by atoms with van der Waals surface area (Å²) >= 11 is 0. The summed E-state index contributed by atoms with van der Waals surface area (Å²) in [6, 6.07) is 6.51. The molecule has 5 heteroatoms. The van der Waals surface area contributed by atoms with Crippen molar-refractivity contribution in [2.75, 3.05) is 13.7 Å². The number of ether oxygens (including phenoxy) is 1. The Morgan fingerprint density at radius 1 is 1.38 bits per heavy atom. The third-order valence-electron chi connectivity index (χ3n) is 2.27. The molecule has 0 N–H and O–H groups in total. The van der Waals surface area contributed by atoms with E-state index < -0.39 is 0 Å². The van der Waals surface area contributed by atoms with Crippen LogP contribution in [0.5, 0.6) is 0 Å². The molecule has 0 fully saturated rings. The predicted octanol–water partition coefficient (Wildman–Crippen LogP) is 1.73. The van der Waals surface area contributed by atoms with E-state index in [-0.39, 0.29) is 5.82 Å². The van der Waals surface area contributed by atoms with Gasteiger partial charge in [0.05, 0.1) is 12.2 Å². The molecular weight excluding hydrogens is 209 g/mol. The zero-order chi connectivity index (χ0) is 11.4. The van der Waals surface area contributed by atoms with Crippen LogP contribution < -0.4 is 0 Å². The van der Waals surface area contributed by atoms with Gasteiger partial charge in [-0.1, -0.05) is 12.1 Å². The lowest BCUT2D eigenvalue weighted by atomic mass is 10.2. The Morgan fingerprint density at radius 3 is 2.94 bits per heavy atom. The molecule has 2 rings (SSSR count). The fraction of sp³-hybridized carbons (Fsp3) is 0.273. The molecule has 0 aliphatic rings. The Kier molecular flexibility index (Phi) is 3.26. The molecule has 1 heterocycles. The highest BCUT2D eigenvalue weighted by atomic mass is 19.1. The van der Waals surface area contributed by atoms with Crippen molar-refractivity contribution in [1.29, 1.82) is 0 Å². The number of rotatable bonds is 4. The fourth-order valence-corrected chi connectivity index (χ4v) is 1.46. The number of nitrogens with zero attached hydrogens (tertiary/aromatic N) is 3. The van der Waals surface area contributed by atoms with Crippen LogP contribution in [0.25, 0.3) is 11.4 Å². The molecule has 0 aliphatic heterocycles. The van der Waals surface area contributed by atoms with Crippen LogP contribution in [0, 0.1) is 5.82 Å². The maximum absolute atomic E-state index is 13.5. The van der Waals surface area contributed by atoms with Gasteiger partial charge in [-0.15, -0.1) is 10.2 Å². The summed E-state index contributed by atoms with van der Waals surface area (Å²) in [5.74, 6) is 0.226. The van der Waals surface area contributed by atoms with Gasteiger partial charge in [-0.05, 0) is 12.1 Å². The molecule has 0 atom stereocenters. The van der Waals surface area contributed by atoms with Crippen LogP contribution in [0.2, 0.25) is 0 Å². The van der Waals surface area contributed by atoms with Gasteiger partial charge in [-0.25, -0.2) is 4.39 Å². The SMILES string of the molecule is COCCn1cnnc1-c1ccccc1F. The largest absolute Gasteiger partial charge is 0.383 e. The van der Waals surface area contributed by atoms with Crippen LogP contribution in [0.3, 0.4) is 0 Å². The van der Waals surface area contributed by atoms with E-state index in [9.17, 15) is 4.39 Å². The van der Waals surface area contributed by atoms with Crippen LogP contribution in [0.4, 0.5) is 4.39 Å².